The minimum Gasteiger partial charge on any atom is -0.483 e. The van der Waals surface area contributed by atoms with Gasteiger partial charge in [-0.05, 0) is 26.0 Å². The third-order valence-electron chi connectivity index (χ3n) is 2.32. The van der Waals surface area contributed by atoms with Gasteiger partial charge in [0.15, 0.2) is 6.61 Å². The highest BCUT2D eigenvalue weighted by molar-refractivity contribution is 5.92. The molecule has 0 aromatic heterocycles. The summed E-state index contributed by atoms with van der Waals surface area (Å²) in [5, 5.41) is 4.67. The Balaban J connectivity index is 0.00000676. The van der Waals surface area contributed by atoms with Gasteiger partial charge in [-0.25, -0.2) is 4.79 Å². The second-order valence-corrected chi connectivity index (χ2v) is 3.77. The highest BCUT2D eigenvalue weighted by atomic mass is 35.5. The molecule has 0 aliphatic rings. The molecule has 1 rings (SSSR count). The molecule has 0 spiro atoms. The molecular weight excluding hydrogens is 296 g/mol. The number of carbonyl (C=O) groups is 2. The largest absolute Gasteiger partial charge is 0.483 e. The maximum atomic E-state index is 11.8. The summed E-state index contributed by atoms with van der Waals surface area (Å²) in [6.07, 6.45) is 0. The first-order valence-corrected chi connectivity index (χ1v) is 5.81. The Bertz CT molecular complexity index is 651. The summed E-state index contributed by atoms with van der Waals surface area (Å²) in [4.78, 5) is 23.5. The number of halogens is 1. The van der Waals surface area contributed by atoms with Gasteiger partial charge in [-0.15, -0.1) is 12.4 Å². The molecule has 1 aromatic rings. The molecule has 2 N–H and O–H groups in total. The Morgan fingerprint density at radius 3 is 2.81 bits per heavy atom. The first-order chi connectivity index (χ1) is 11.9. The zero-order valence-electron chi connectivity index (χ0n) is 17.4. The van der Waals surface area contributed by atoms with Gasteiger partial charge in [0.2, 0.25) is 0 Å². The van der Waals surface area contributed by atoms with Gasteiger partial charge >= 0.3 is 5.97 Å². The molecule has 6 nitrogen and oxygen atoms in total. The van der Waals surface area contributed by atoms with Gasteiger partial charge in [-0.2, -0.15) is 0 Å². The van der Waals surface area contributed by atoms with E-state index in [4.69, 9.17) is 13.0 Å². The molecule has 0 saturated carbocycles. The lowest BCUT2D eigenvalue weighted by molar-refractivity contribution is -0.123. The van der Waals surface area contributed by atoms with Crippen LogP contribution in [0.25, 0.3) is 0 Å². The Morgan fingerprint density at radius 1 is 1.33 bits per heavy atom. The van der Waals surface area contributed by atoms with E-state index in [1.54, 1.807) is 0 Å². The fourth-order valence-corrected chi connectivity index (χ4v) is 1.38. The zero-order valence-corrected chi connectivity index (χ0v) is 12.2. The lowest BCUT2D eigenvalue weighted by atomic mass is 10.1. The molecule has 0 aliphatic carbocycles. The summed E-state index contributed by atoms with van der Waals surface area (Å²) >= 11 is 0. The van der Waals surface area contributed by atoms with Crippen molar-refractivity contribution >= 4 is 24.3 Å². The quantitative estimate of drug-likeness (QED) is 0.576. The number of esters is 1. The number of hydrogen-bond acceptors (Lipinski definition) is 5. The molecular formula is C14H21ClN2O4. The van der Waals surface area contributed by atoms with E-state index in [0.717, 1.165) is 13.2 Å². The Kier molecular flexibility index (Phi) is 5.18. The number of amides is 1. The van der Waals surface area contributed by atoms with Gasteiger partial charge in [0.05, 0.1) is 7.11 Å². The number of nitrogens with one attached hydrogen (secondary N) is 2. The van der Waals surface area contributed by atoms with E-state index >= 15 is 0 Å². The first-order valence-electron chi connectivity index (χ1n) is 8.81. The number of methoxy groups -OCH3 is 1. The zero-order chi connectivity index (χ0) is 20.0. The number of carbonyl (C=O) groups excluding carboxylic acids is 2. The SMILES string of the molecule is Cl.[2H]C([2H])([2H])NCCNC(=O)COc1ccc(C([2H])([2H])[2H])cc1C(=O)OC. The number of aryl methyl sites for hydroxylation is 1. The number of likely N-dealkylation sites (N-methyl/N-ethyl adjacent to an activating group) is 1. The fourth-order valence-electron chi connectivity index (χ4n) is 1.38. The molecule has 0 fully saturated rings. The van der Waals surface area contributed by atoms with Crippen molar-refractivity contribution in [3.05, 3.63) is 29.3 Å². The summed E-state index contributed by atoms with van der Waals surface area (Å²) in [5.41, 5.74) is -0.177. The van der Waals surface area contributed by atoms with Crippen molar-refractivity contribution in [2.45, 2.75) is 6.85 Å². The third-order valence-corrected chi connectivity index (χ3v) is 2.32. The van der Waals surface area contributed by atoms with Crippen LogP contribution < -0.4 is 15.4 Å². The van der Waals surface area contributed by atoms with Crippen molar-refractivity contribution in [1.82, 2.24) is 10.6 Å². The minimum atomic E-state index is -2.41. The van der Waals surface area contributed by atoms with E-state index in [1.807, 2.05) is 0 Å². The predicted molar refractivity (Wildman–Crippen MR) is 82.2 cm³/mol. The fraction of sp³-hybridized carbons (Fsp3) is 0.429. The lowest BCUT2D eigenvalue weighted by Gasteiger charge is -2.11. The third kappa shape index (κ3) is 6.46. The highest BCUT2D eigenvalue weighted by Crippen LogP contribution is 2.20. The Morgan fingerprint density at radius 2 is 2.14 bits per heavy atom. The minimum absolute atomic E-state index is 0. The number of benzene rings is 1. The molecule has 0 bridgehead atoms. The van der Waals surface area contributed by atoms with Crippen LogP contribution >= 0.6 is 12.4 Å². The molecule has 0 aliphatic heterocycles. The van der Waals surface area contributed by atoms with Crippen LogP contribution in [0, 0.1) is 6.85 Å². The van der Waals surface area contributed by atoms with Crippen molar-refractivity contribution in [2.75, 3.05) is 33.8 Å². The van der Waals surface area contributed by atoms with E-state index in [2.05, 4.69) is 15.4 Å². The number of ether oxygens (including phenoxy) is 2. The van der Waals surface area contributed by atoms with Crippen LogP contribution in [-0.2, 0) is 9.53 Å². The van der Waals surface area contributed by atoms with Crippen molar-refractivity contribution < 1.29 is 27.3 Å². The molecule has 0 unspecified atom stereocenters. The molecule has 0 atom stereocenters. The molecule has 1 amide bonds. The molecule has 21 heavy (non-hydrogen) atoms. The van der Waals surface area contributed by atoms with Gasteiger partial charge in [-0.1, -0.05) is 11.6 Å². The highest BCUT2D eigenvalue weighted by Gasteiger charge is 2.14. The lowest BCUT2D eigenvalue weighted by Crippen LogP contribution is -2.34. The monoisotopic (exact) mass is 322 g/mol. The van der Waals surface area contributed by atoms with Crippen LogP contribution in [0.5, 0.6) is 5.75 Å². The smallest absolute Gasteiger partial charge is 0.341 e. The summed E-state index contributed by atoms with van der Waals surface area (Å²) < 4.78 is 52.9. The van der Waals surface area contributed by atoms with E-state index in [0.29, 0.717) is 0 Å². The Labute approximate surface area is 139 Å². The van der Waals surface area contributed by atoms with Crippen LogP contribution in [0.4, 0.5) is 0 Å². The Hall–Kier alpha value is -1.79. The maximum absolute atomic E-state index is 11.8. The topological polar surface area (TPSA) is 76.7 Å². The predicted octanol–water partition coefficient (Wildman–Crippen LogP) is 0.918. The second kappa shape index (κ2) is 10.0. The van der Waals surface area contributed by atoms with E-state index < -0.39 is 32.3 Å². The molecule has 0 saturated heterocycles. The van der Waals surface area contributed by atoms with Crippen LogP contribution in [-0.4, -0.2) is 45.7 Å². The van der Waals surface area contributed by atoms with Crippen molar-refractivity contribution in [2.24, 2.45) is 0 Å². The van der Waals surface area contributed by atoms with Gasteiger partial charge in [0, 0.05) is 21.3 Å². The maximum Gasteiger partial charge on any atom is 0.341 e. The van der Waals surface area contributed by atoms with Crippen molar-refractivity contribution in [3.63, 3.8) is 0 Å². The molecule has 0 heterocycles. The second-order valence-electron chi connectivity index (χ2n) is 3.77. The summed E-state index contributed by atoms with van der Waals surface area (Å²) in [6.45, 7) is -5.02. The average Bonchev–Trinajstić information content (AvgIpc) is 2.54. The van der Waals surface area contributed by atoms with Crippen LogP contribution in [0.1, 0.15) is 24.1 Å². The van der Waals surface area contributed by atoms with Crippen molar-refractivity contribution in [3.8, 4) is 5.75 Å². The van der Waals surface area contributed by atoms with E-state index in [1.165, 1.54) is 12.1 Å². The summed E-state index contributed by atoms with van der Waals surface area (Å²) in [5.74, 6) is -1.33. The summed E-state index contributed by atoms with van der Waals surface area (Å²) in [7, 11) is 1.14. The molecule has 7 heteroatoms. The molecule has 118 valence electrons. The van der Waals surface area contributed by atoms with Crippen LogP contribution in [0.15, 0.2) is 18.2 Å². The first kappa shape index (κ1) is 10.9. The van der Waals surface area contributed by atoms with Gasteiger partial charge in [0.1, 0.15) is 11.3 Å². The molecule has 1 aromatic carbocycles. The average molecular weight is 323 g/mol. The number of hydrogen-bond donors (Lipinski definition) is 2. The van der Waals surface area contributed by atoms with Crippen molar-refractivity contribution in [1.29, 1.82) is 0 Å². The standard InChI is InChI=1S/C14H20N2O4.ClH/c1-10-4-5-12(11(8-10)14(18)19-3)20-9-13(17)16-7-6-15-2;/h4-5,8,15H,6-7,9H2,1-3H3,(H,16,17);1H/i1D3,2D3;. The van der Waals surface area contributed by atoms with Gasteiger partial charge < -0.3 is 20.1 Å². The molecule has 0 radical (unpaired) electrons. The van der Waals surface area contributed by atoms with Crippen LogP contribution in [0.3, 0.4) is 0 Å². The van der Waals surface area contributed by atoms with Gasteiger partial charge in [0.25, 0.3) is 5.91 Å². The summed E-state index contributed by atoms with van der Waals surface area (Å²) in [6, 6.07) is 3.68. The van der Waals surface area contributed by atoms with Crippen LogP contribution in [0.2, 0.25) is 0 Å². The van der Waals surface area contributed by atoms with E-state index in [-0.39, 0.29) is 42.4 Å². The van der Waals surface area contributed by atoms with E-state index in [9.17, 15) is 9.59 Å². The number of rotatable bonds is 7. The van der Waals surface area contributed by atoms with Gasteiger partial charge in [-0.3, -0.25) is 4.79 Å². The normalized spacial score (nSPS) is 14.9.